The zero-order valence-corrected chi connectivity index (χ0v) is 18.7. The molecule has 4 rings (SSSR count). The fourth-order valence-corrected chi connectivity index (χ4v) is 4.23. The second-order valence-corrected chi connectivity index (χ2v) is 8.37. The topological polar surface area (TPSA) is 67.9 Å². The van der Waals surface area contributed by atoms with Gasteiger partial charge in [0.2, 0.25) is 0 Å². The fraction of sp³-hybridized carbons (Fsp3) is 0.385. The Balaban J connectivity index is 1.50. The summed E-state index contributed by atoms with van der Waals surface area (Å²) in [6.07, 6.45) is 6.75. The van der Waals surface area contributed by atoms with Crippen LogP contribution in [-0.2, 0) is 11.4 Å². The number of imide groups is 1. The first kappa shape index (κ1) is 21.9. The van der Waals surface area contributed by atoms with Crippen molar-refractivity contribution in [1.29, 1.82) is 0 Å². The third kappa shape index (κ3) is 4.96. The second kappa shape index (κ2) is 9.90. The normalized spacial score (nSPS) is 18.2. The molecule has 2 aliphatic rings. The van der Waals surface area contributed by atoms with E-state index in [0.717, 1.165) is 36.8 Å². The third-order valence-corrected chi connectivity index (χ3v) is 5.94. The van der Waals surface area contributed by atoms with E-state index in [1.807, 2.05) is 37.3 Å². The highest BCUT2D eigenvalue weighted by Gasteiger charge is 2.38. The van der Waals surface area contributed by atoms with Crippen LogP contribution in [0.3, 0.4) is 0 Å². The maximum atomic E-state index is 12.9. The van der Waals surface area contributed by atoms with Crippen molar-refractivity contribution in [3.05, 3.63) is 64.9 Å². The van der Waals surface area contributed by atoms with E-state index in [9.17, 15) is 9.59 Å². The van der Waals surface area contributed by atoms with Crippen LogP contribution in [0.2, 0.25) is 0 Å². The molecule has 0 unspecified atom stereocenters. The number of amides is 3. The van der Waals surface area contributed by atoms with E-state index in [0.29, 0.717) is 30.4 Å². The molecule has 1 aliphatic heterocycles. The number of benzene rings is 2. The lowest BCUT2D eigenvalue weighted by Gasteiger charge is -2.28. The smallest absolute Gasteiger partial charge is 0.329 e. The van der Waals surface area contributed by atoms with E-state index >= 15 is 0 Å². The number of rotatable bonds is 7. The van der Waals surface area contributed by atoms with Crippen molar-refractivity contribution in [2.75, 3.05) is 6.61 Å². The molecule has 0 aromatic heterocycles. The van der Waals surface area contributed by atoms with Crippen molar-refractivity contribution < 1.29 is 19.1 Å². The molecule has 2 fully saturated rings. The van der Waals surface area contributed by atoms with Gasteiger partial charge in [0.25, 0.3) is 5.91 Å². The molecule has 1 N–H and O–H groups in total. The van der Waals surface area contributed by atoms with Gasteiger partial charge in [-0.25, -0.2) is 4.79 Å². The van der Waals surface area contributed by atoms with Crippen LogP contribution >= 0.6 is 0 Å². The Morgan fingerprint density at radius 3 is 2.47 bits per heavy atom. The van der Waals surface area contributed by atoms with Gasteiger partial charge in [-0.1, -0.05) is 55.2 Å². The molecule has 0 bridgehead atoms. The summed E-state index contributed by atoms with van der Waals surface area (Å²) in [5, 5.41) is 2.74. The molecule has 32 heavy (non-hydrogen) atoms. The van der Waals surface area contributed by atoms with Crippen LogP contribution in [-0.4, -0.2) is 29.5 Å². The summed E-state index contributed by atoms with van der Waals surface area (Å²) in [5.74, 6) is 0.995. The highest BCUT2D eigenvalue weighted by Crippen LogP contribution is 2.31. The van der Waals surface area contributed by atoms with Gasteiger partial charge < -0.3 is 14.8 Å². The molecule has 3 amide bonds. The monoisotopic (exact) mass is 434 g/mol. The summed E-state index contributed by atoms with van der Waals surface area (Å²) in [6, 6.07) is 13.4. The zero-order chi connectivity index (χ0) is 22.5. The number of carbonyl (C=O) groups is 2. The van der Waals surface area contributed by atoms with Crippen LogP contribution in [0.5, 0.6) is 11.5 Å². The van der Waals surface area contributed by atoms with Gasteiger partial charge in [-0.3, -0.25) is 9.69 Å². The van der Waals surface area contributed by atoms with Crippen molar-refractivity contribution >= 4 is 18.0 Å². The van der Waals surface area contributed by atoms with Crippen LogP contribution in [0.1, 0.15) is 55.7 Å². The fourth-order valence-electron chi connectivity index (χ4n) is 4.23. The number of urea groups is 1. The summed E-state index contributed by atoms with van der Waals surface area (Å²) in [5.41, 5.74) is 3.35. The maximum Gasteiger partial charge on any atom is 0.329 e. The molecule has 6 heteroatoms. The minimum Gasteiger partial charge on any atom is -0.490 e. The summed E-state index contributed by atoms with van der Waals surface area (Å²) < 4.78 is 11.8. The van der Waals surface area contributed by atoms with Crippen molar-refractivity contribution in [1.82, 2.24) is 10.2 Å². The molecule has 1 saturated carbocycles. The number of hydrogen-bond acceptors (Lipinski definition) is 4. The van der Waals surface area contributed by atoms with Crippen molar-refractivity contribution in [3.8, 4) is 11.5 Å². The van der Waals surface area contributed by atoms with Gasteiger partial charge in [-0.05, 0) is 56.0 Å². The van der Waals surface area contributed by atoms with E-state index in [-0.39, 0.29) is 18.0 Å². The Labute approximate surface area is 189 Å². The average Bonchev–Trinajstić information content (AvgIpc) is 3.08. The predicted molar refractivity (Wildman–Crippen MR) is 123 cm³/mol. The molecule has 2 aromatic rings. The van der Waals surface area contributed by atoms with Crippen LogP contribution < -0.4 is 14.8 Å². The van der Waals surface area contributed by atoms with Gasteiger partial charge in [-0.15, -0.1) is 0 Å². The lowest BCUT2D eigenvalue weighted by molar-refractivity contribution is -0.124. The highest BCUT2D eigenvalue weighted by atomic mass is 16.5. The standard InChI is InChI=1S/C26H30N2O4/c1-3-31-24-16-20(13-14-23(24)32-17-19-11-9-18(2)10-12-19)15-22-25(29)28(26(30)27-22)21-7-5-4-6-8-21/h9-16,21H,3-8,17H2,1-2H3,(H,27,30)/b22-15-. The van der Waals surface area contributed by atoms with E-state index in [2.05, 4.69) is 24.4 Å². The highest BCUT2D eigenvalue weighted by molar-refractivity contribution is 6.14. The minimum atomic E-state index is -0.323. The number of nitrogens with one attached hydrogen (secondary N) is 1. The summed E-state index contributed by atoms with van der Waals surface area (Å²) in [6.45, 7) is 4.90. The first-order chi connectivity index (χ1) is 15.5. The maximum absolute atomic E-state index is 12.9. The summed E-state index contributed by atoms with van der Waals surface area (Å²) >= 11 is 0. The summed E-state index contributed by atoms with van der Waals surface area (Å²) in [4.78, 5) is 26.8. The van der Waals surface area contributed by atoms with Crippen molar-refractivity contribution in [3.63, 3.8) is 0 Å². The molecular formula is C26H30N2O4. The van der Waals surface area contributed by atoms with Crippen LogP contribution in [0.4, 0.5) is 4.79 Å². The average molecular weight is 435 g/mol. The minimum absolute atomic E-state index is 0.00122. The van der Waals surface area contributed by atoms with Gasteiger partial charge in [-0.2, -0.15) is 0 Å². The van der Waals surface area contributed by atoms with Gasteiger partial charge in [0.15, 0.2) is 11.5 Å². The molecule has 0 spiro atoms. The number of ether oxygens (including phenoxy) is 2. The van der Waals surface area contributed by atoms with E-state index in [1.54, 1.807) is 6.08 Å². The number of aryl methyl sites for hydroxylation is 1. The molecule has 2 aromatic carbocycles. The third-order valence-electron chi connectivity index (χ3n) is 5.94. The Morgan fingerprint density at radius 2 is 1.75 bits per heavy atom. The molecular weight excluding hydrogens is 404 g/mol. The van der Waals surface area contributed by atoms with Crippen molar-refractivity contribution in [2.24, 2.45) is 0 Å². The molecule has 1 saturated heterocycles. The van der Waals surface area contributed by atoms with Crippen LogP contribution in [0, 0.1) is 6.92 Å². The molecule has 168 valence electrons. The van der Waals surface area contributed by atoms with Gasteiger partial charge in [0.05, 0.1) is 6.61 Å². The van der Waals surface area contributed by atoms with Crippen LogP contribution in [0.25, 0.3) is 6.08 Å². The van der Waals surface area contributed by atoms with Gasteiger partial charge in [0, 0.05) is 6.04 Å². The van der Waals surface area contributed by atoms with E-state index in [4.69, 9.17) is 9.47 Å². The van der Waals surface area contributed by atoms with Gasteiger partial charge in [0.1, 0.15) is 12.3 Å². The number of nitrogens with zero attached hydrogens (tertiary/aromatic N) is 1. The molecule has 0 radical (unpaired) electrons. The van der Waals surface area contributed by atoms with Crippen LogP contribution in [0.15, 0.2) is 48.2 Å². The van der Waals surface area contributed by atoms with E-state index < -0.39 is 0 Å². The Bertz CT molecular complexity index is 1010. The lowest BCUT2D eigenvalue weighted by Crippen LogP contribution is -2.41. The molecule has 6 nitrogen and oxygen atoms in total. The largest absolute Gasteiger partial charge is 0.490 e. The number of hydrogen-bond donors (Lipinski definition) is 1. The Morgan fingerprint density at radius 1 is 1.00 bits per heavy atom. The molecule has 1 heterocycles. The molecule has 0 atom stereocenters. The quantitative estimate of drug-likeness (QED) is 0.481. The Hall–Kier alpha value is -3.28. The van der Waals surface area contributed by atoms with E-state index in [1.165, 1.54) is 16.9 Å². The van der Waals surface area contributed by atoms with Crippen molar-refractivity contribution in [2.45, 2.75) is 58.6 Å². The molecule has 1 aliphatic carbocycles. The SMILES string of the molecule is CCOc1cc(/C=C2\NC(=O)N(C3CCCCC3)C2=O)ccc1OCc1ccc(C)cc1. The Kier molecular flexibility index (Phi) is 6.78. The predicted octanol–water partition coefficient (Wildman–Crippen LogP) is 5.20. The zero-order valence-electron chi connectivity index (χ0n) is 18.7. The number of carbonyl (C=O) groups excluding carboxylic acids is 2. The first-order valence-corrected chi connectivity index (χ1v) is 11.4. The van der Waals surface area contributed by atoms with Gasteiger partial charge >= 0.3 is 6.03 Å². The summed E-state index contributed by atoms with van der Waals surface area (Å²) in [7, 11) is 0. The lowest BCUT2D eigenvalue weighted by atomic mass is 9.94. The second-order valence-electron chi connectivity index (χ2n) is 8.37. The first-order valence-electron chi connectivity index (χ1n) is 11.4.